The summed E-state index contributed by atoms with van der Waals surface area (Å²) in [4.78, 5) is 24.5. The van der Waals surface area contributed by atoms with Gasteiger partial charge in [0.25, 0.3) is 0 Å². The van der Waals surface area contributed by atoms with Gasteiger partial charge in [0.05, 0.1) is 0 Å². The van der Waals surface area contributed by atoms with Crippen molar-refractivity contribution in [1.82, 2.24) is 10.5 Å². The van der Waals surface area contributed by atoms with E-state index in [0.29, 0.717) is 11.6 Å². The van der Waals surface area contributed by atoms with Gasteiger partial charge in [-0.3, -0.25) is 9.59 Å². The van der Waals surface area contributed by atoms with Crippen LogP contribution in [0.1, 0.15) is 44.4 Å². The van der Waals surface area contributed by atoms with Crippen molar-refractivity contribution in [2.24, 2.45) is 5.92 Å². The highest BCUT2D eigenvalue weighted by molar-refractivity contribution is 5.96. The molecule has 0 aliphatic heterocycles. The minimum Gasteiger partial charge on any atom is -0.360 e. The van der Waals surface area contributed by atoms with Crippen molar-refractivity contribution in [3.63, 3.8) is 0 Å². The Morgan fingerprint density at radius 3 is 2.38 bits per heavy atom. The molecule has 1 aromatic heterocycles. The number of aryl methyl sites for hydroxylation is 1. The Hall–Kier alpha value is -2.70. The van der Waals surface area contributed by atoms with Crippen LogP contribution < -0.4 is 10.6 Å². The van der Waals surface area contributed by atoms with Crippen molar-refractivity contribution in [1.29, 1.82) is 0 Å². The summed E-state index contributed by atoms with van der Waals surface area (Å²) in [7, 11) is 0. The van der Waals surface area contributed by atoms with Crippen LogP contribution in [0.5, 0.6) is 0 Å². The number of nitrogens with one attached hydrogen (secondary N) is 2. The number of hydrogen-bond donors (Lipinski definition) is 2. The smallest absolute Gasteiger partial charge is 0.247 e. The molecule has 7 heteroatoms. The van der Waals surface area contributed by atoms with Crippen molar-refractivity contribution < 1.29 is 18.5 Å². The highest BCUT2D eigenvalue weighted by Gasteiger charge is 2.23. The average molecular weight is 361 g/mol. The van der Waals surface area contributed by atoms with E-state index in [0.717, 1.165) is 5.56 Å². The molecule has 0 saturated carbocycles. The lowest BCUT2D eigenvalue weighted by Crippen LogP contribution is -2.42. The Kier molecular flexibility index (Phi) is 6.49. The molecule has 1 aromatic carbocycles. The number of rotatable bonds is 7. The lowest BCUT2D eigenvalue weighted by atomic mass is 9.85. The number of hydrogen-bond acceptors (Lipinski definition) is 4. The minimum atomic E-state index is -0.722. The lowest BCUT2D eigenvalue weighted by molar-refractivity contribution is -0.126. The van der Waals surface area contributed by atoms with E-state index in [2.05, 4.69) is 15.8 Å². The summed E-state index contributed by atoms with van der Waals surface area (Å²) in [6.45, 7) is 7.33. The van der Waals surface area contributed by atoms with Crippen molar-refractivity contribution in [3.05, 3.63) is 47.5 Å². The molecule has 0 fully saturated rings. The van der Waals surface area contributed by atoms with Crippen LogP contribution in [0.3, 0.4) is 0 Å². The predicted octanol–water partition coefficient (Wildman–Crippen LogP) is 3.40. The van der Waals surface area contributed by atoms with Crippen LogP contribution in [-0.2, 0) is 9.59 Å². The third kappa shape index (κ3) is 5.40. The van der Waals surface area contributed by atoms with Gasteiger partial charge in [-0.25, -0.2) is 4.39 Å². The quantitative estimate of drug-likeness (QED) is 0.792. The SMILES string of the molecule is Cc1cc(NC(=O)[C@@H](C)NC(=O)CC(c2ccc(F)cc2)C(C)C)no1. The zero-order valence-corrected chi connectivity index (χ0v) is 15.4. The number of nitrogens with zero attached hydrogens (tertiary/aromatic N) is 1. The summed E-state index contributed by atoms with van der Waals surface area (Å²) in [5.74, 6) is 0.0733. The number of anilines is 1. The van der Waals surface area contributed by atoms with Crippen molar-refractivity contribution >= 4 is 17.6 Å². The van der Waals surface area contributed by atoms with E-state index >= 15 is 0 Å². The fourth-order valence-corrected chi connectivity index (χ4v) is 2.67. The first-order valence-electron chi connectivity index (χ1n) is 8.55. The molecule has 2 amide bonds. The van der Waals surface area contributed by atoms with Gasteiger partial charge in [-0.15, -0.1) is 0 Å². The average Bonchev–Trinajstić information content (AvgIpc) is 2.98. The first-order valence-corrected chi connectivity index (χ1v) is 8.55. The van der Waals surface area contributed by atoms with Crippen LogP contribution in [0.2, 0.25) is 0 Å². The molecule has 0 bridgehead atoms. The maximum atomic E-state index is 13.1. The predicted molar refractivity (Wildman–Crippen MR) is 96.1 cm³/mol. The second kappa shape index (κ2) is 8.60. The highest BCUT2D eigenvalue weighted by atomic mass is 19.1. The molecule has 0 aliphatic rings. The van der Waals surface area contributed by atoms with Gasteiger partial charge in [0.15, 0.2) is 5.82 Å². The summed E-state index contributed by atoms with van der Waals surface area (Å²) >= 11 is 0. The number of aromatic nitrogens is 1. The van der Waals surface area contributed by atoms with Crippen LogP contribution in [0, 0.1) is 18.7 Å². The summed E-state index contributed by atoms with van der Waals surface area (Å²) in [6, 6.07) is 7.03. The molecule has 6 nitrogen and oxygen atoms in total. The number of benzene rings is 1. The lowest BCUT2D eigenvalue weighted by Gasteiger charge is -2.22. The monoisotopic (exact) mass is 361 g/mol. The number of carbonyl (C=O) groups excluding carboxylic acids is 2. The van der Waals surface area contributed by atoms with Crippen molar-refractivity contribution in [2.75, 3.05) is 5.32 Å². The molecule has 1 unspecified atom stereocenters. The van der Waals surface area contributed by atoms with E-state index in [1.165, 1.54) is 12.1 Å². The number of halogens is 1. The van der Waals surface area contributed by atoms with E-state index < -0.39 is 6.04 Å². The highest BCUT2D eigenvalue weighted by Crippen LogP contribution is 2.28. The molecule has 1 heterocycles. The van der Waals surface area contributed by atoms with Gasteiger partial charge in [-0.05, 0) is 43.4 Å². The Balaban J connectivity index is 1.94. The molecule has 0 saturated heterocycles. The maximum Gasteiger partial charge on any atom is 0.247 e. The molecule has 0 spiro atoms. The molecular formula is C19H24FN3O3. The Morgan fingerprint density at radius 2 is 1.85 bits per heavy atom. The molecule has 0 radical (unpaired) electrons. The second-order valence-electron chi connectivity index (χ2n) is 6.71. The third-order valence-corrected chi connectivity index (χ3v) is 4.16. The largest absolute Gasteiger partial charge is 0.360 e. The van der Waals surface area contributed by atoms with E-state index in [1.807, 2.05) is 13.8 Å². The van der Waals surface area contributed by atoms with Crippen LogP contribution in [0.25, 0.3) is 0 Å². The van der Waals surface area contributed by atoms with Gasteiger partial charge in [0.1, 0.15) is 17.6 Å². The molecule has 2 N–H and O–H groups in total. The first kappa shape index (κ1) is 19.6. The van der Waals surface area contributed by atoms with Gasteiger partial charge >= 0.3 is 0 Å². The number of carbonyl (C=O) groups is 2. The topological polar surface area (TPSA) is 84.2 Å². The van der Waals surface area contributed by atoms with Crippen molar-refractivity contribution in [2.45, 2.75) is 46.1 Å². The van der Waals surface area contributed by atoms with Gasteiger partial charge in [0, 0.05) is 12.5 Å². The third-order valence-electron chi connectivity index (χ3n) is 4.16. The van der Waals surface area contributed by atoms with Gasteiger partial charge in [0.2, 0.25) is 11.8 Å². The molecule has 0 aliphatic carbocycles. The van der Waals surface area contributed by atoms with Crippen LogP contribution in [0.15, 0.2) is 34.9 Å². The van der Waals surface area contributed by atoms with Gasteiger partial charge in [-0.1, -0.05) is 31.1 Å². The molecule has 2 aromatic rings. The molecule has 2 rings (SSSR count). The molecule has 140 valence electrons. The molecule has 26 heavy (non-hydrogen) atoms. The van der Waals surface area contributed by atoms with Crippen molar-refractivity contribution in [3.8, 4) is 0 Å². The molecule has 2 atom stereocenters. The van der Waals surface area contributed by atoms with E-state index in [-0.39, 0.29) is 35.9 Å². The molecular weight excluding hydrogens is 337 g/mol. The summed E-state index contributed by atoms with van der Waals surface area (Å²) < 4.78 is 18.0. The Morgan fingerprint density at radius 1 is 1.19 bits per heavy atom. The zero-order valence-electron chi connectivity index (χ0n) is 15.4. The summed E-state index contributed by atoms with van der Waals surface area (Å²) in [5, 5.41) is 8.96. The second-order valence-corrected chi connectivity index (χ2v) is 6.71. The normalized spacial score (nSPS) is 13.3. The summed E-state index contributed by atoms with van der Waals surface area (Å²) in [5.41, 5.74) is 0.895. The summed E-state index contributed by atoms with van der Waals surface area (Å²) in [6.07, 6.45) is 0.212. The first-order chi connectivity index (χ1) is 12.3. The Labute approximate surface area is 152 Å². The van der Waals surface area contributed by atoms with E-state index in [1.54, 1.807) is 32.0 Å². The standard InChI is InChI=1S/C19H24FN3O3/c1-11(2)16(14-5-7-15(20)8-6-14)10-18(24)21-13(4)19(25)22-17-9-12(3)26-23-17/h5-9,11,13,16H,10H2,1-4H3,(H,21,24)(H,22,23,25)/t13-,16?/m1/s1. The zero-order chi connectivity index (χ0) is 19.3. The van der Waals surface area contributed by atoms with Gasteiger partial charge in [-0.2, -0.15) is 0 Å². The van der Waals surface area contributed by atoms with Gasteiger partial charge < -0.3 is 15.2 Å². The Bertz CT molecular complexity index is 756. The van der Waals surface area contributed by atoms with Crippen LogP contribution >= 0.6 is 0 Å². The van der Waals surface area contributed by atoms with Crippen LogP contribution in [0.4, 0.5) is 10.2 Å². The van der Waals surface area contributed by atoms with Crippen LogP contribution in [-0.4, -0.2) is 23.0 Å². The number of amides is 2. The maximum absolute atomic E-state index is 13.1. The fourth-order valence-electron chi connectivity index (χ4n) is 2.67. The minimum absolute atomic E-state index is 0.0657. The van der Waals surface area contributed by atoms with E-state index in [4.69, 9.17) is 4.52 Å². The fraction of sp³-hybridized carbons (Fsp3) is 0.421. The van der Waals surface area contributed by atoms with E-state index in [9.17, 15) is 14.0 Å².